The second kappa shape index (κ2) is 13.6. The Morgan fingerprint density at radius 2 is 1.57 bits per heavy atom. The van der Waals surface area contributed by atoms with Gasteiger partial charge in [0.1, 0.15) is 11.6 Å². The molecule has 0 radical (unpaired) electrons. The van der Waals surface area contributed by atoms with E-state index in [4.69, 9.17) is 0 Å². The van der Waals surface area contributed by atoms with E-state index in [1.807, 2.05) is 47.4 Å². The van der Waals surface area contributed by atoms with Crippen LogP contribution in [-0.2, 0) is 29.0 Å². The largest absolute Gasteiger partial charge is 0.354 e. The normalized spacial score (nSPS) is 18.3. The van der Waals surface area contributed by atoms with Crippen LogP contribution in [0.2, 0.25) is 0 Å². The molecule has 3 aromatic carbocycles. The number of halogens is 1. The van der Waals surface area contributed by atoms with E-state index >= 15 is 0 Å². The zero-order chi connectivity index (χ0) is 31.3. The number of hydrogen-bond donors (Lipinski definition) is 1. The number of rotatable bonds is 11. The molecular formula is C37H43FN4O2. The number of benzene rings is 3. The lowest BCUT2D eigenvalue weighted by Gasteiger charge is -2.49. The maximum atomic E-state index is 14.9. The maximum Gasteiger partial charge on any atom is 0.251 e. The summed E-state index contributed by atoms with van der Waals surface area (Å²) in [5.41, 5.74) is 3.48. The third-order valence-corrected chi connectivity index (χ3v) is 8.27. The molecule has 0 saturated heterocycles. The molecule has 0 bridgehead atoms. The molecule has 2 aliphatic rings. The number of nitrogens with zero attached hydrogens (tertiary/aromatic N) is 3. The fraction of sp³-hybridized carbons (Fsp3) is 0.351. The number of aryl methyl sites for hydroxylation is 1. The first kappa shape index (κ1) is 31.2. The second-order valence-electron chi connectivity index (χ2n) is 12.9. The summed E-state index contributed by atoms with van der Waals surface area (Å²) in [4.78, 5) is 33.6. The van der Waals surface area contributed by atoms with Gasteiger partial charge in [0.25, 0.3) is 5.91 Å². The SMILES string of the molecule is CN(Cc1ccccc1)CN1C2=CC(=O)C(C(=O)NCCCc3ccccc3)N2C(Cc2ccccc2F)=CC1C(C)(C)C. The minimum Gasteiger partial charge on any atom is -0.354 e. The Hall–Kier alpha value is -4.23. The molecule has 0 fully saturated rings. The third kappa shape index (κ3) is 7.28. The van der Waals surface area contributed by atoms with Gasteiger partial charge in [-0.25, -0.2) is 4.39 Å². The highest BCUT2D eigenvalue weighted by atomic mass is 19.1. The van der Waals surface area contributed by atoms with Crippen molar-refractivity contribution in [2.45, 2.75) is 58.7 Å². The molecule has 2 atom stereocenters. The Morgan fingerprint density at radius 3 is 2.23 bits per heavy atom. The van der Waals surface area contributed by atoms with Crippen LogP contribution >= 0.6 is 0 Å². The fourth-order valence-corrected chi connectivity index (χ4v) is 6.12. The van der Waals surface area contributed by atoms with Gasteiger partial charge in [-0.2, -0.15) is 0 Å². The Kier molecular flexibility index (Phi) is 9.64. The van der Waals surface area contributed by atoms with Crippen molar-refractivity contribution in [3.8, 4) is 0 Å². The molecule has 0 aliphatic carbocycles. The van der Waals surface area contributed by atoms with Crippen LogP contribution in [0.5, 0.6) is 0 Å². The van der Waals surface area contributed by atoms with Crippen LogP contribution in [0.15, 0.2) is 109 Å². The molecule has 0 spiro atoms. The van der Waals surface area contributed by atoms with Crippen molar-refractivity contribution in [2.24, 2.45) is 5.41 Å². The standard InChI is InChI=1S/C37H43FN4O2/c1-37(2,3)33-23-30(22-29-19-11-12-20-31(29)38)42-34(41(33)26-40(4)25-28-16-9-6-10-17-28)24-32(43)35(42)36(44)39-21-13-18-27-14-7-5-8-15-27/h5-12,14-17,19-20,23-24,33,35H,13,18,21-22,25-26H2,1-4H3,(H,39,44). The molecule has 0 aromatic heterocycles. The molecule has 2 heterocycles. The first-order valence-electron chi connectivity index (χ1n) is 15.4. The van der Waals surface area contributed by atoms with Crippen LogP contribution in [0.4, 0.5) is 4.39 Å². The van der Waals surface area contributed by atoms with Crippen molar-refractivity contribution in [3.05, 3.63) is 131 Å². The molecule has 6 nitrogen and oxygen atoms in total. The van der Waals surface area contributed by atoms with Crippen molar-refractivity contribution in [1.82, 2.24) is 20.0 Å². The summed E-state index contributed by atoms with van der Waals surface area (Å²) in [6.07, 6.45) is 5.61. The highest BCUT2D eigenvalue weighted by molar-refractivity contribution is 6.13. The average molecular weight is 595 g/mol. The fourth-order valence-electron chi connectivity index (χ4n) is 6.12. The summed E-state index contributed by atoms with van der Waals surface area (Å²) in [5, 5.41) is 3.02. The summed E-state index contributed by atoms with van der Waals surface area (Å²) < 4.78 is 14.9. The van der Waals surface area contributed by atoms with Gasteiger partial charge in [0.15, 0.2) is 11.8 Å². The van der Waals surface area contributed by atoms with Crippen LogP contribution in [0, 0.1) is 11.2 Å². The number of hydrogen-bond acceptors (Lipinski definition) is 5. The smallest absolute Gasteiger partial charge is 0.251 e. The summed E-state index contributed by atoms with van der Waals surface area (Å²) in [6, 6.07) is 26.0. The van der Waals surface area contributed by atoms with Crippen LogP contribution in [0.25, 0.3) is 0 Å². The number of fused-ring (bicyclic) bond motifs is 1. The predicted molar refractivity (Wildman–Crippen MR) is 173 cm³/mol. The molecule has 1 N–H and O–H groups in total. The zero-order valence-electron chi connectivity index (χ0n) is 26.2. The Labute approximate surface area is 260 Å². The van der Waals surface area contributed by atoms with Crippen LogP contribution in [0.3, 0.4) is 0 Å². The topological polar surface area (TPSA) is 55.9 Å². The number of nitrogens with one attached hydrogen (secondary N) is 1. The van der Waals surface area contributed by atoms with E-state index in [1.54, 1.807) is 18.2 Å². The number of amides is 1. The molecule has 5 rings (SSSR count). The zero-order valence-corrected chi connectivity index (χ0v) is 26.2. The molecule has 230 valence electrons. The summed E-state index contributed by atoms with van der Waals surface area (Å²) in [7, 11) is 2.06. The van der Waals surface area contributed by atoms with Gasteiger partial charge in [-0.15, -0.1) is 0 Å². The summed E-state index contributed by atoms with van der Waals surface area (Å²) in [6.45, 7) is 8.24. The lowest BCUT2D eigenvalue weighted by atomic mass is 9.83. The van der Waals surface area contributed by atoms with Crippen molar-refractivity contribution in [2.75, 3.05) is 20.3 Å². The van der Waals surface area contributed by atoms with Gasteiger partial charge in [0, 0.05) is 31.3 Å². The van der Waals surface area contributed by atoms with Crippen LogP contribution in [-0.4, -0.2) is 58.7 Å². The van der Waals surface area contributed by atoms with E-state index in [9.17, 15) is 14.0 Å². The number of allylic oxidation sites excluding steroid dienone is 1. The number of carbonyl (C=O) groups excluding carboxylic acids is 2. The first-order chi connectivity index (χ1) is 21.1. The molecule has 7 heteroatoms. The Morgan fingerprint density at radius 1 is 0.932 bits per heavy atom. The predicted octanol–water partition coefficient (Wildman–Crippen LogP) is 5.92. The molecule has 1 amide bonds. The Bertz CT molecular complexity index is 1510. The minimum absolute atomic E-state index is 0.0921. The van der Waals surface area contributed by atoms with Gasteiger partial charge in [-0.05, 0) is 54.1 Å². The molecule has 3 aromatic rings. The van der Waals surface area contributed by atoms with Gasteiger partial charge in [-0.1, -0.05) is 99.6 Å². The number of carbonyl (C=O) groups is 2. The quantitative estimate of drug-likeness (QED) is 0.221. The minimum atomic E-state index is -1.04. The highest BCUT2D eigenvalue weighted by Crippen LogP contribution is 2.40. The third-order valence-electron chi connectivity index (χ3n) is 8.27. The van der Waals surface area contributed by atoms with Crippen LogP contribution in [0.1, 0.15) is 43.9 Å². The van der Waals surface area contributed by atoms with Crippen molar-refractivity contribution in [1.29, 1.82) is 0 Å². The summed E-state index contributed by atoms with van der Waals surface area (Å²) >= 11 is 0. The lowest BCUT2D eigenvalue weighted by Crippen LogP contribution is -2.56. The van der Waals surface area contributed by atoms with Gasteiger partial charge >= 0.3 is 0 Å². The highest BCUT2D eigenvalue weighted by Gasteiger charge is 2.47. The van der Waals surface area contributed by atoms with E-state index in [0.717, 1.165) is 25.1 Å². The summed E-state index contributed by atoms with van der Waals surface area (Å²) in [5.74, 6) is -0.206. The van der Waals surface area contributed by atoms with Crippen molar-refractivity contribution < 1.29 is 14.0 Å². The van der Waals surface area contributed by atoms with E-state index in [0.29, 0.717) is 24.6 Å². The van der Waals surface area contributed by atoms with Crippen molar-refractivity contribution in [3.63, 3.8) is 0 Å². The monoisotopic (exact) mass is 594 g/mol. The Balaban J connectivity index is 1.43. The molecule has 0 saturated carbocycles. The van der Waals surface area contributed by atoms with Crippen LogP contribution < -0.4 is 5.32 Å². The van der Waals surface area contributed by atoms with Crippen molar-refractivity contribution >= 4 is 11.7 Å². The van der Waals surface area contributed by atoms with E-state index in [1.165, 1.54) is 17.2 Å². The average Bonchev–Trinajstić information content (AvgIpc) is 3.35. The maximum absolute atomic E-state index is 14.9. The molecule has 2 aliphatic heterocycles. The van der Waals surface area contributed by atoms with E-state index < -0.39 is 6.04 Å². The molecular weight excluding hydrogens is 551 g/mol. The van der Waals surface area contributed by atoms with Gasteiger partial charge in [-0.3, -0.25) is 14.5 Å². The van der Waals surface area contributed by atoms with Gasteiger partial charge < -0.3 is 15.1 Å². The lowest BCUT2D eigenvalue weighted by molar-refractivity contribution is -0.131. The second-order valence-corrected chi connectivity index (χ2v) is 12.9. The van der Waals surface area contributed by atoms with Gasteiger partial charge in [0.2, 0.25) is 0 Å². The number of ketones is 1. The molecule has 2 unspecified atom stereocenters. The first-order valence-corrected chi connectivity index (χ1v) is 15.4. The molecule has 44 heavy (non-hydrogen) atoms. The van der Waals surface area contributed by atoms with Gasteiger partial charge in [0.05, 0.1) is 12.7 Å². The van der Waals surface area contributed by atoms with E-state index in [2.05, 4.69) is 73.3 Å². The van der Waals surface area contributed by atoms with E-state index in [-0.39, 0.29) is 35.4 Å².